The Bertz CT molecular complexity index is 441. The van der Waals surface area contributed by atoms with Crippen LogP contribution in [0.3, 0.4) is 0 Å². The standard InChI is InChI=1S/C8H4Cl3F3N2O/c9-3-1-4(10)6(5(11)2-3)16(15)7(17)8(12,13)14/h1-2H,15H2. The highest BCUT2D eigenvalue weighted by Crippen LogP contribution is 2.36. The van der Waals surface area contributed by atoms with Gasteiger partial charge in [0.25, 0.3) is 0 Å². The predicted octanol–water partition coefficient (Wildman–Crippen LogP) is 3.42. The molecule has 0 saturated heterocycles. The predicted molar refractivity (Wildman–Crippen MR) is 59.2 cm³/mol. The van der Waals surface area contributed by atoms with Crippen LogP contribution in [0.5, 0.6) is 0 Å². The van der Waals surface area contributed by atoms with E-state index in [1.807, 2.05) is 0 Å². The van der Waals surface area contributed by atoms with Gasteiger partial charge in [-0.15, -0.1) is 0 Å². The number of hydrazine groups is 1. The Morgan fingerprint density at radius 3 is 1.94 bits per heavy atom. The van der Waals surface area contributed by atoms with E-state index in [1.54, 1.807) is 0 Å². The summed E-state index contributed by atoms with van der Waals surface area (Å²) in [5.74, 6) is 2.74. The Labute approximate surface area is 109 Å². The fourth-order valence-electron chi connectivity index (χ4n) is 1.00. The van der Waals surface area contributed by atoms with Crippen LogP contribution < -0.4 is 10.9 Å². The van der Waals surface area contributed by atoms with Crippen molar-refractivity contribution in [3.05, 3.63) is 27.2 Å². The van der Waals surface area contributed by atoms with Crippen LogP contribution in [0, 0.1) is 0 Å². The summed E-state index contributed by atoms with van der Waals surface area (Å²) < 4.78 is 36.4. The lowest BCUT2D eigenvalue weighted by Crippen LogP contribution is -2.46. The third kappa shape index (κ3) is 3.16. The van der Waals surface area contributed by atoms with E-state index in [1.165, 1.54) is 0 Å². The molecule has 0 aliphatic carbocycles. The molecule has 0 fully saturated rings. The lowest BCUT2D eigenvalue weighted by Gasteiger charge is -2.20. The van der Waals surface area contributed by atoms with E-state index in [-0.39, 0.29) is 20.1 Å². The van der Waals surface area contributed by atoms with Crippen LogP contribution in [0.4, 0.5) is 18.9 Å². The van der Waals surface area contributed by atoms with Crippen LogP contribution in [0.25, 0.3) is 0 Å². The maximum absolute atomic E-state index is 12.1. The molecule has 1 rings (SSSR count). The summed E-state index contributed by atoms with van der Waals surface area (Å²) >= 11 is 16.8. The number of hydrogen-bond acceptors (Lipinski definition) is 2. The van der Waals surface area contributed by atoms with Gasteiger partial charge in [-0.25, -0.2) is 10.9 Å². The number of nitrogens with zero attached hydrogens (tertiary/aromatic N) is 1. The Morgan fingerprint density at radius 1 is 1.18 bits per heavy atom. The zero-order chi connectivity index (χ0) is 13.4. The van der Waals surface area contributed by atoms with Gasteiger partial charge >= 0.3 is 12.1 Å². The largest absolute Gasteiger partial charge is 0.473 e. The van der Waals surface area contributed by atoms with Crippen molar-refractivity contribution in [2.24, 2.45) is 5.84 Å². The summed E-state index contributed by atoms with van der Waals surface area (Å²) in [6, 6.07) is 2.24. The minimum atomic E-state index is -5.12. The molecule has 0 aliphatic heterocycles. The van der Waals surface area contributed by atoms with Crippen molar-refractivity contribution in [2.75, 3.05) is 5.01 Å². The normalized spacial score (nSPS) is 11.5. The fourth-order valence-corrected chi connectivity index (χ4v) is 2.00. The summed E-state index contributed by atoms with van der Waals surface area (Å²) in [6.45, 7) is 0. The highest BCUT2D eigenvalue weighted by atomic mass is 35.5. The van der Waals surface area contributed by atoms with Gasteiger partial charge in [0.1, 0.15) is 0 Å². The molecule has 3 nitrogen and oxygen atoms in total. The van der Waals surface area contributed by atoms with Crippen molar-refractivity contribution in [3.63, 3.8) is 0 Å². The average molecular weight is 307 g/mol. The number of anilines is 1. The minimum Gasteiger partial charge on any atom is -0.262 e. The van der Waals surface area contributed by atoms with E-state index >= 15 is 0 Å². The summed E-state index contributed by atoms with van der Waals surface area (Å²) in [4.78, 5) is 10.9. The zero-order valence-electron chi connectivity index (χ0n) is 7.86. The molecule has 1 aromatic rings. The van der Waals surface area contributed by atoms with E-state index in [0.29, 0.717) is 0 Å². The molecule has 0 bridgehead atoms. The van der Waals surface area contributed by atoms with E-state index in [0.717, 1.165) is 12.1 Å². The van der Waals surface area contributed by atoms with E-state index in [2.05, 4.69) is 0 Å². The zero-order valence-corrected chi connectivity index (χ0v) is 10.1. The van der Waals surface area contributed by atoms with Crippen LogP contribution in [0.2, 0.25) is 15.1 Å². The maximum Gasteiger partial charge on any atom is 0.473 e. The first-order chi connectivity index (χ1) is 7.64. The number of halogens is 6. The molecule has 0 aliphatic rings. The first kappa shape index (κ1) is 14.4. The average Bonchev–Trinajstić information content (AvgIpc) is 2.13. The third-order valence-electron chi connectivity index (χ3n) is 1.68. The number of nitrogens with two attached hydrogens (primary N) is 1. The van der Waals surface area contributed by atoms with Gasteiger partial charge in [-0.05, 0) is 12.1 Å². The highest BCUT2D eigenvalue weighted by Gasteiger charge is 2.43. The number of carbonyl (C=O) groups excluding carboxylic acids is 1. The van der Waals surface area contributed by atoms with E-state index in [9.17, 15) is 18.0 Å². The van der Waals surface area contributed by atoms with Crippen LogP contribution in [-0.2, 0) is 4.79 Å². The summed E-state index contributed by atoms with van der Waals surface area (Å²) in [6.07, 6.45) is -5.12. The number of hydrogen-bond donors (Lipinski definition) is 1. The van der Waals surface area contributed by atoms with Crippen molar-refractivity contribution in [1.82, 2.24) is 0 Å². The molecule has 0 radical (unpaired) electrons. The topological polar surface area (TPSA) is 46.3 Å². The van der Waals surface area contributed by atoms with Crippen molar-refractivity contribution in [1.29, 1.82) is 0 Å². The molecule has 0 heterocycles. The Morgan fingerprint density at radius 2 is 1.59 bits per heavy atom. The monoisotopic (exact) mass is 306 g/mol. The first-order valence-corrected chi connectivity index (χ1v) is 5.08. The lowest BCUT2D eigenvalue weighted by molar-refractivity contribution is -0.170. The summed E-state index contributed by atoms with van der Waals surface area (Å²) in [5.41, 5.74) is -0.458. The number of rotatable bonds is 1. The quantitative estimate of drug-likeness (QED) is 0.491. The second-order valence-electron chi connectivity index (χ2n) is 2.89. The van der Waals surface area contributed by atoms with Gasteiger partial charge in [0.05, 0.1) is 15.7 Å². The van der Waals surface area contributed by atoms with Crippen LogP contribution >= 0.6 is 34.8 Å². The molecule has 0 saturated carbocycles. The summed E-state index contributed by atoms with van der Waals surface area (Å²) in [7, 11) is 0. The van der Waals surface area contributed by atoms with E-state index < -0.39 is 17.8 Å². The maximum atomic E-state index is 12.1. The smallest absolute Gasteiger partial charge is 0.262 e. The molecule has 94 valence electrons. The molecule has 0 aromatic heterocycles. The molecule has 9 heteroatoms. The van der Waals surface area contributed by atoms with Crippen LogP contribution in [0.15, 0.2) is 12.1 Å². The second kappa shape index (κ2) is 4.89. The van der Waals surface area contributed by atoms with Crippen molar-refractivity contribution in [3.8, 4) is 0 Å². The molecule has 17 heavy (non-hydrogen) atoms. The molecular formula is C8H4Cl3F3N2O. The van der Waals surface area contributed by atoms with Gasteiger partial charge in [0.2, 0.25) is 0 Å². The van der Waals surface area contributed by atoms with Gasteiger partial charge in [-0.1, -0.05) is 34.8 Å². The number of amides is 1. The number of alkyl halides is 3. The SMILES string of the molecule is NN(C(=O)C(F)(F)F)c1c(Cl)cc(Cl)cc1Cl. The molecule has 0 atom stereocenters. The minimum absolute atomic E-state index is 0.108. The molecular weight excluding hydrogens is 303 g/mol. The van der Waals surface area contributed by atoms with Gasteiger partial charge in [0, 0.05) is 5.02 Å². The lowest BCUT2D eigenvalue weighted by atomic mass is 10.3. The molecule has 0 spiro atoms. The van der Waals surface area contributed by atoms with Gasteiger partial charge in [0.15, 0.2) is 0 Å². The number of benzene rings is 1. The van der Waals surface area contributed by atoms with Crippen molar-refractivity contribution >= 4 is 46.4 Å². The molecule has 0 unspecified atom stereocenters. The van der Waals surface area contributed by atoms with Crippen molar-refractivity contribution in [2.45, 2.75) is 6.18 Å². The van der Waals surface area contributed by atoms with Crippen LogP contribution in [-0.4, -0.2) is 12.1 Å². The van der Waals surface area contributed by atoms with Crippen LogP contribution in [0.1, 0.15) is 0 Å². The molecule has 1 amide bonds. The first-order valence-electron chi connectivity index (χ1n) is 3.95. The van der Waals surface area contributed by atoms with Crippen molar-refractivity contribution < 1.29 is 18.0 Å². The van der Waals surface area contributed by atoms with E-state index in [4.69, 9.17) is 40.6 Å². The van der Waals surface area contributed by atoms with Gasteiger partial charge < -0.3 is 0 Å². The fraction of sp³-hybridized carbons (Fsp3) is 0.125. The van der Waals surface area contributed by atoms with Gasteiger partial charge in [-0.3, -0.25) is 4.79 Å². The highest BCUT2D eigenvalue weighted by molar-refractivity contribution is 6.42. The molecule has 2 N–H and O–H groups in total. The Balaban J connectivity index is 3.22. The Kier molecular flexibility index (Phi) is 4.14. The summed E-state index contributed by atoms with van der Waals surface area (Å²) in [5, 5.41) is -0.581. The van der Waals surface area contributed by atoms with Gasteiger partial charge in [-0.2, -0.15) is 13.2 Å². The number of carbonyl (C=O) groups is 1. The third-order valence-corrected chi connectivity index (χ3v) is 2.48. The second-order valence-corrected chi connectivity index (χ2v) is 4.14. The Hall–Kier alpha value is -0.690. The molecule has 1 aromatic carbocycles.